The number of anilines is 4. The molecule has 1 heterocycles. The Balaban J connectivity index is 2.27. The maximum atomic E-state index is 5.66. The van der Waals surface area contributed by atoms with Crippen LogP contribution in [0.1, 0.15) is 5.56 Å². The molecule has 0 atom stereocenters. The van der Waals surface area contributed by atoms with E-state index in [0.717, 1.165) is 11.4 Å². The second-order valence-electron chi connectivity index (χ2n) is 4.49. The molecule has 0 aliphatic rings. The zero-order valence-corrected chi connectivity index (χ0v) is 10.9. The monoisotopic (exact) mass is 242 g/mol. The van der Waals surface area contributed by atoms with Crippen LogP contribution in [-0.4, -0.2) is 19.1 Å². The van der Waals surface area contributed by atoms with E-state index in [-0.39, 0.29) is 0 Å². The van der Waals surface area contributed by atoms with E-state index in [2.05, 4.69) is 40.3 Å². The van der Waals surface area contributed by atoms with Crippen molar-refractivity contribution in [3.8, 4) is 0 Å². The molecular formula is C14H18N4. The van der Waals surface area contributed by atoms with Crippen LogP contribution in [0.25, 0.3) is 0 Å². The van der Waals surface area contributed by atoms with E-state index >= 15 is 0 Å². The third kappa shape index (κ3) is 2.71. The maximum absolute atomic E-state index is 5.66. The average Bonchev–Trinajstić information content (AvgIpc) is 2.31. The van der Waals surface area contributed by atoms with E-state index in [4.69, 9.17) is 5.73 Å². The Morgan fingerprint density at radius 3 is 2.50 bits per heavy atom. The van der Waals surface area contributed by atoms with Gasteiger partial charge in [0.2, 0.25) is 0 Å². The van der Waals surface area contributed by atoms with Gasteiger partial charge in [0.15, 0.2) is 0 Å². The van der Waals surface area contributed by atoms with Crippen molar-refractivity contribution in [3.63, 3.8) is 0 Å². The highest BCUT2D eigenvalue weighted by molar-refractivity contribution is 5.68. The van der Waals surface area contributed by atoms with E-state index in [1.54, 1.807) is 6.20 Å². The van der Waals surface area contributed by atoms with Gasteiger partial charge in [-0.3, -0.25) is 0 Å². The maximum Gasteiger partial charge on any atom is 0.125 e. The summed E-state index contributed by atoms with van der Waals surface area (Å²) in [4.78, 5) is 6.07. The zero-order chi connectivity index (χ0) is 13.1. The second-order valence-corrected chi connectivity index (χ2v) is 4.49. The van der Waals surface area contributed by atoms with Crippen molar-refractivity contribution in [2.24, 2.45) is 0 Å². The van der Waals surface area contributed by atoms with E-state index in [0.29, 0.717) is 5.82 Å². The molecule has 1 aromatic heterocycles. The van der Waals surface area contributed by atoms with Crippen LogP contribution in [-0.2, 0) is 0 Å². The fourth-order valence-corrected chi connectivity index (χ4v) is 1.86. The molecule has 18 heavy (non-hydrogen) atoms. The first-order valence-electron chi connectivity index (χ1n) is 5.83. The van der Waals surface area contributed by atoms with Crippen LogP contribution in [0, 0.1) is 6.92 Å². The molecule has 0 amide bonds. The van der Waals surface area contributed by atoms with Gasteiger partial charge in [-0.2, -0.15) is 0 Å². The Morgan fingerprint density at radius 2 is 1.83 bits per heavy atom. The number of aromatic nitrogens is 1. The summed E-state index contributed by atoms with van der Waals surface area (Å²) in [5, 5.41) is 3.32. The first-order chi connectivity index (χ1) is 8.56. The summed E-state index contributed by atoms with van der Waals surface area (Å²) in [5.41, 5.74) is 10.1. The highest BCUT2D eigenvalue weighted by Gasteiger charge is 2.03. The molecule has 0 saturated carbocycles. The van der Waals surface area contributed by atoms with Gasteiger partial charge >= 0.3 is 0 Å². The number of hydrogen-bond acceptors (Lipinski definition) is 4. The van der Waals surface area contributed by atoms with Crippen LogP contribution in [0.4, 0.5) is 22.9 Å². The van der Waals surface area contributed by atoms with Gasteiger partial charge in [0.25, 0.3) is 0 Å². The topological polar surface area (TPSA) is 54.2 Å². The van der Waals surface area contributed by atoms with Crippen LogP contribution >= 0.6 is 0 Å². The van der Waals surface area contributed by atoms with Crippen LogP contribution in [0.5, 0.6) is 0 Å². The molecule has 94 valence electrons. The van der Waals surface area contributed by atoms with Crippen molar-refractivity contribution in [1.82, 2.24) is 4.98 Å². The fourth-order valence-electron chi connectivity index (χ4n) is 1.86. The summed E-state index contributed by atoms with van der Waals surface area (Å²) in [7, 11) is 4.08. The third-order valence-corrected chi connectivity index (χ3v) is 2.76. The van der Waals surface area contributed by atoms with Crippen molar-refractivity contribution < 1.29 is 0 Å². The molecule has 0 aliphatic heterocycles. The van der Waals surface area contributed by atoms with Crippen molar-refractivity contribution in [2.75, 3.05) is 30.0 Å². The molecule has 1 aromatic carbocycles. The van der Waals surface area contributed by atoms with E-state index in [1.165, 1.54) is 11.3 Å². The van der Waals surface area contributed by atoms with Crippen molar-refractivity contribution >= 4 is 22.9 Å². The lowest BCUT2D eigenvalue weighted by Crippen LogP contribution is -2.10. The quantitative estimate of drug-likeness (QED) is 0.869. The number of nitrogen functional groups attached to an aromatic ring is 1. The SMILES string of the molecule is Cc1ccc(Nc2ccnc(N)c2)cc1N(C)C. The number of pyridine rings is 1. The van der Waals surface area contributed by atoms with Crippen LogP contribution < -0.4 is 16.0 Å². The molecule has 0 radical (unpaired) electrons. The van der Waals surface area contributed by atoms with Gasteiger partial charge in [-0.25, -0.2) is 4.98 Å². The number of aryl methyl sites for hydroxylation is 1. The van der Waals surface area contributed by atoms with Gasteiger partial charge in [0.1, 0.15) is 5.82 Å². The first kappa shape index (κ1) is 12.2. The normalized spacial score (nSPS) is 10.2. The second kappa shape index (κ2) is 4.96. The molecule has 0 saturated heterocycles. The molecule has 0 spiro atoms. The average molecular weight is 242 g/mol. The van der Waals surface area contributed by atoms with Crippen molar-refractivity contribution in [2.45, 2.75) is 6.92 Å². The fraction of sp³-hybridized carbons (Fsp3) is 0.214. The Bertz CT molecular complexity index is 549. The summed E-state index contributed by atoms with van der Waals surface area (Å²) in [5.74, 6) is 0.514. The minimum atomic E-state index is 0.514. The lowest BCUT2D eigenvalue weighted by atomic mass is 10.1. The largest absolute Gasteiger partial charge is 0.384 e. The van der Waals surface area contributed by atoms with Crippen LogP contribution in [0.15, 0.2) is 36.5 Å². The standard InChI is InChI=1S/C14H18N4/c1-10-4-5-11(8-13(10)18(2)3)17-12-6-7-16-14(15)9-12/h4-9H,1-3H3,(H3,15,16,17). The third-order valence-electron chi connectivity index (χ3n) is 2.76. The molecule has 4 heteroatoms. The van der Waals surface area contributed by atoms with Gasteiger partial charge < -0.3 is 16.0 Å². The zero-order valence-electron chi connectivity index (χ0n) is 10.9. The van der Waals surface area contributed by atoms with E-state index in [1.807, 2.05) is 26.2 Å². The van der Waals surface area contributed by atoms with Gasteiger partial charge in [-0.15, -0.1) is 0 Å². The lowest BCUT2D eigenvalue weighted by Gasteiger charge is -2.17. The number of nitrogens with one attached hydrogen (secondary N) is 1. The Labute approximate surface area is 107 Å². The number of nitrogens with two attached hydrogens (primary N) is 1. The van der Waals surface area contributed by atoms with Gasteiger partial charge in [-0.1, -0.05) is 6.07 Å². The highest BCUT2D eigenvalue weighted by Crippen LogP contribution is 2.25. The van der Waals surface area contributed by atoms with Crippen LogP contribution in [0.2, 0.25) is 0 Å². The summed E-state index contributed by atoms with van der Waals surface area (Å²) in [6.07, 6.45) is 1.69. The molecule has 0 fully saturated rings. The van der Waals surface area contributed by atoms with Gasteiger partial charge in [0.05, 0.1) is 0 Å². The summed E-state index contributed by atoms with van der Waals surface area (Å²) >= 11 is 0. The predicted octanol–water partition coefficient (Wildman–Crippen LogP) is 2.78. The van der Waals surface area contributed by atoms with Gasteiger partial charge in [-0.05, 0) is 30.7 Å². The summed E-state index contributed by atoms with van der Waals surface area (Å²) in [6, 6.07) is 9.98. The first-order valence-corrected chi connectivity index (χ1v) is 5.83. The molecule has 4 nitrogen and oxygen atoms in total. The van der Waals surface area contributed by atoms with Crippen molar-refractivity contribution in [3.05, 3.63) is 42.1 Å². The number of hydrogen-bond donors (Lipinski definition) is 2. The minimum Gasteiger partial charge on any atom is -0.384 e. The smallest absolute Gasteiger partial charge is 0.125 e. The minimum absolute atomic E-state index is 0.514. The highest BCUT2D eigenvalue weighted by atomic mass is 15.1. The molecule has 3 N–H and O–H groups in total. The van der Waals surface area contributed by atoms with Crippen LogP contribution in [0.3, 0.4) is 0 Å². The lowest BCUT2D eigenvalue weighted by molar-refractivity contribution is 1.11. The molecule has 0 unspecified atom stereocenters. The number of rotatable bonds is 3. The van der Waals surface area contributed by atoms with Gasteiger partial charge in [0, 0.05) is 43.4 Å². The Morgan fingerprint density at radius 1 is 1.11 bits per heavy atom. The predicted molar refractivity (Wildman–Crippen MR) is 77.4 cm³/mol. The number of benzene rings is 1. The molecule has 0 bridgehead atoms. The molecule has 0 aliphatic carbocycles. The molecular weight excluding hydrogens is 224 g/mol. The molecule has 2 rings (SSSR count). The van der Waals surface area contributed by atoms with E-state index in [9.17, 15) is 0 Å². The molecule has 2 aromatic rings. The van der Waals surface area contributed by atoms with E-state index < -0.39 is 0 Å². The Kier molecular flexibility index (Phi) is 3.37. The Hall–Kier alpha value is -2.23. The summed E-state index contributed by atoms with van der Waals surface area (Å²) in [6.45, 7) is 2.10. The summed E-state index contributed by atoms with van der Waals surface area (Å²) < 4.78 is 0. The number of nitrogens with zero attached hydrogens (tertiary/aromatic N) is 2. The van der Waals surface area contributed by atoms with Crippen molar-refractivity contribution in [1.29, 1.82) is 0 Å².